The number of carbonyl (C=O) groups is 2. The van der Waals surface area contributed by atoms with Crippen molar-refractivity contribution < 1.29 is 9.59 Å². The number of likely N-dealkylation sites (tertiary alicyclic amines) is 1. The molecular formula is C15H26INO2. The lowest BCUT2D eigenvalue weighted by atomic mass is 9.84. The Kier molecular flexibility index (Phi) is 6.77. The van der Waals surface area contributed by atoms with Crippen LogP contribution in [0, 0.1) is 0 Å². The van der Waals surface area contributed by atoms with E-state index in [1.54, 1.807) is 4.90 Å². The number of carbonyl (C=O) groups excluding carboxylic acids is 2. The van der Waals surface area contributed by atoms with Gasteiger partial charge in [0.2, 0.25) is 11.8 Å². The minimum Gasteiger partial charge on any atom is -0.275 e. The predicted molar refractivity (Wildman–Crippen MR) is 86.4 cm³/mol. The second-order valence-corrected chi connectivity index (χ2v) is 7.48. The van der Waals surface area contributed by atoms with E-state index in [1.807, 2.05) is 6.92 Å². The lowest BCUT2D eigenvalue weighted by molar-refractivity contribution is -0.147. The Balaban J connectivity index is 2.96. The molecule has 0 saturated carbocycles. The first-order valence-electron chi connectivity index (χ1n) is 7.49. The molecule has 0 aromatic carbocycles. The third kappa shape index (κ3) is 3.92. The highest BCUT2D eigenvalue weighted by atomic mass is 127. The SMILES string of the molecule is CCCCC1(CCCC)CCC(=O)N1C(=O)C(C)I. The first kappa shape index (κ1) is 16.9. The molecule has 1 saturated heterocycles. The van der Waals surface area contributed by atoms with Crippen molar-refractivity contribution in [2.45, 2.75) is 81.6 Å². The van der Waals surface area contributed by atoms with Crippen molar-refractivity contribution >= 4 is 34.4 Å². The number of hydrogen-bond donors (Lipinski definition) is 0. The van der Waals surface area contributed by atoms with Gasteiger partial charge in [-0.05, 0) is 26.2 Å². The third-order valence-corrected chi connectivity index (χ3v) is 4.61. The van der Waals surface area contributed by atoms with E-state index in [9.17, 15) is 9.59 Å². The summed E-state index contributed by atoms with van der Waals surface area (Å²) in [7, 11) is 0. The Hall–Kier alpha value is -0.130. The number of rotatable bonds is 7. The van der Waals surface area contributed by atoms with Gasteiger partial charge < -0.3 is 0 Å². The monoisotopic (exact) mass is 379 g/mol. The van der Waals surface area contributed by atoms with Crippen LogP contribution in [0.1, 0.15) is 72.1 Å². The summed E-state index contributed by atoms with van der Waals surface area (Å²) >= 11 is 2.12. The van der Waals surface area contributed by atoms with Crippen LogP contribution < -0.4 is 0 Å². The molecule has 0 N–H and O–H groups in total. The van der Waals surface area contributed by atoms with Crippen LogP contribution in [0.25, 0.3) is 0 Å². The highest BCUT2D eigenvalue weighted by Crippen LogP contribution is 2.40. The maximum Gasteiger partial charge on any atom is 0.242 e. The van der Waals surface area contributed by atoms with Gasteiger partial charge in [0.05, 0.1) is 9.46 Å². The van der Waals surface area contributed by atoms with Crippen molar-refractivity contribution in [2.75, 3.05) is 0 Å². The Morgan fingerprint density at radius 3 is 2.26 bits per heavy atom. The first-order chi connectivity index (χ1) is 8.98. The molecule has 1 heterocycles. The van der Waals surface area contributed by atoms with E-state index < -0.39 is 0 Å². The molecule has 0 aliphatic carbocycles. The normalized spacial score (nSPS) is 19.8. The van der Waals surface area contributed by atoms with Crippen LogP contribution in [0.5, 0.6) is 0 Å². The van der Waals surface area contributed by atoms with E-state index in [0.29, 0.717) is 6.42 Å². The largest absolute Gasteiger partial charge is 0.275 e. The van der Waals surface area contributed by atoms with Crippen LogP contribution in [0.3, 0.4) is 0 Å². The summed E-state index contributed by atoms with van der Waals surface area (Å²) in [6.07, 6.45) is 7.78. The number of nitrogens with zero attached hydrogens (tertiary/aromatic N) is 1. The molecule has 2 amide bonds. The summed E-state index contributed by atoms with van der Waals surface area (Å²) < 4.78 is -0.123. The molecule has 1 unspecified atom stereocenters. The summed E-state index contributed by atoms with van der Waals surface area (Å²) in [5.41, 5.74) is -0.181. The lowest BCUT2D eigenvalue weighted by Gasteiger charge is -2.38. The van der Waals surface area contributed by atoms with E-state index in [0.717, 1.165) is 44.9 Å². The van der Waals surface area contributed by atoms with Crippen LogP contribution >= 0.6 is 22.6 Å². The second-order valence-electron chi connectivity index (χ2n) is 5.61. The van der Waals surface area contributed by atoms with Gasteiger partial charge in [-0.15, -0.1) is 0 Å². The van der Waals surface area contributed by atoms with Crippen LogP contribution in [-0.4, -0.2) is 26.2 Å². The molecular weight excluding hydrogens is 353 g/mol. The standard InChI is InChI=1S/C15H26INO2/c1-4-6-9-15(10-7-5-2)11-8-13(18)17(15)14(19)12(3)16/h12H,4-11H2,1-3H3. The summed E-state index contributed by atoms with van der Waals surface area (Å²) in [6, 6.07) is 0. The van der Waals surface area contributed by atoms with E-state index in [1.165, 1.54) is 0 Å². The fourth-order valence-corrected chi connectivity index (χ4v) is 3.25. The van der Waals surface area contributed by atoms with Gasteiger partial charge in [0.1, 0.15) is 0 Å². The fourth-order valence-electron chi connectivity index (χ4n) is 2.97. The molecule has 1 rings (SSSR count). The van der Waals surface area contributed by atoms with E-state index in [-0.39, 0.29) is 21.3 Å². The van der Waals surface area contributed by atoms with Gasteiger partial charge in [-0.25, -0.2) is 0 Å². The minimum atomic E-state index is -0.181. The van der Waals surface area contributed by atoms with Crippen molar-refractivity contribution in [1.82, 2.24) is 4.90 Å². The van der Waals surface area contributed by atoms with Crippen LogP contribution in [-0.2, 0) is 9.59 Å². The van der Waals surface area contributed by atoms with Gasteiger partial charge in [0, 0.05) is 6.42 Å². The van der Waals surface area contributed by atoms with E-state index >= 15 is 0 Å². The molecule has 1 fully saturated rings. The fraction of sp³-hybridized carbons (Fsp3) is 0.867. The number of unbranched alkanes of at least 4 members (excludes halogenated alkanes) is 2. The molecule has 0 spiro atoms. The van der Waals surface area contributed by atoms with E-state index in [4.69, 9.17) is 0 Å². The average molecular weight is 379 g/mol. The Morgan fingerprint density at radius 2 is 1.84 bits per heavy atom. The predicted octanol–water partition coefficient (Wildman–Crippen LogP) is 4.08. The average Bonchev–Trinajstić information content (AvgIpc) is 2.71. The lowest BCUT2D eigenvalue weighted by Crippen LogP contribution is -2.51. The topological polar surface area (TPSA) is 37.4 Å². The highest BCUT2D eigenvalue weighted by molar-refractivity contribution is 14.1. The van der Waals surface area contributed by atoms with Gasteiger partial charge >= 0.3 is 0 Å². The number of alkyl halides is 1. The Labute approximate surface area is 130 Å². The number of amides is 2. The first-order valence-corrected chi connectivity index (χ1v) is 8.74. The third-order valence-electron chi connectivity index (χ3n) is 4.08. The molecule has 110 valence electrons. The molecule has 0 radical (unpaired) electrons. The number of halogens is 1. The summed E-state index contributed by atoms with van der Waals surface area (Å²) in [6.45, 7) is 6.20. The molecule has 19 heavy (non-hydrogen) atoms. The van der Waals surface area contributed by atoms with Crippen molar-refractivity contribution in [1.29, 1.82) is 0 Å². The van der Waals surface area contributed by atoms with Crippen LogP contribution in [0.15, 0.2) is 0 Å². The van der Waals surface area contributed by atoms with E-state index in [2.05, 4.69) is 36.4 Å². The van der Waals surface area contributed by atoms with Crippen molar-refractivity contribution in [3.05, 3.63) is 0 Å². The smallest absolute Gasteiger partial charge is 0.242 e. The Morgan fingerprint density at radius 1 is 1.32 bits per heavy atom. The molecule has 3 nitrogen and oxygen atoms in total. The molecule has 1 aliphatic heterocycles. The van der Waals surface area contributed by atoms with Gasteiger partial charge in [-0.1, -0.05) is 62.1 Å². The van der Waals surface area contributed by atoms with Crippen molar-refractivity contribution in [3.8, 4) is 0 Å². The van der Waals surface area contributed by atoms with Crippen molar-refractivity contribution in [2.24, 2.45) is 0 Å². The molecule has 0 aromatic rings. The quantitative estimate of drug-likeness (QED) is 0.494. The van der Waals surface area contributed by atoms with Gasteiger partial charge in [-0.3, -0.25) is 14.5 Å². The molecule has 0 bridgehead atoms. The second kappa shape index (κ2) is 7.60. The minimum absolute atomic E-state index is 0.00954. The zero-order chi connectivity index (χ0) is 14.5. The van der Waals surface area contributed by atoms with Gasteiger partial charge in [0.25, 0.3) is 0 Å². The summed E-state index contributed by atoms with van der Waals surface area (Å²) in [4.78, 5) is 26.2. The summed E-state index contributed by atoms with van der Waals surface area (Å²) in [5, 5.41) is 0. The maximum atomic E-state index is 12.4. The number of imide groups is 1. The molecule has 0 aromatic heterocycles. The zero-order valence-electron chi connectivity index (χ0n) is 12.4. The van der Waals surface area contributed by atoms with Crippen molar-refractivity contribution in [3.63, 3.8) is 0 Å². The molecule has 1 atom stereocenters. The zero-order valence-corrected chi connectivity index (χ0v) is 14.5. The Bertz CT molecular complexity index is 320. The van der Waals surface area contributed by atoms with Crippen LogP contribution in [0.2, 0.25) is 0 Å². The van der Waals surface area contributed by atoms with Gasteiger partial charge in [0.15, 0.2) is 0 Å². The molecule has 4 heteroatoms. The van der Waals surface area contributed by atoms with Gasteiger partial charge in [-0.2, -0.15) is 0 Å². The highest BCUT2D eigenvalue weighted by Gasteiger charge is 2.47. The maximum absolute atomic E-state index is 12.4. The van der Waals surface area contributed by atoms with Crippen LogP contribution in [0.4, 0.5) is 0 Å². The number of hydrogen-bond acceptors (Lipinski definition) is 2. The molecule has 1 aliphatic rings. The summed E-state index contributed by atoms with van der Waals surface area (Å²) in [5.74, 6) is 0.0519.